The summed E-state index contributed by atoms with van der Waals surface area (Å²) in [5.74, 6) is 2.05. The number of amides is 1. The fraction of sp³-hybridized carbons (Fsp3) is 0.261. The second-order valence-electron chi connectivity index (χ2n) is 6.83. The second-order valence-corrected chi connectivity index (χ2v) is 6.83. The average molecular weight is 404 g/mol. The molecule has 2 aromatic carbocycles. The first-order valence-corrected chi connectivity index (χ1v) is 10.0. The van der Waals surface area contributed by atoms with Crippen molar-refractivity contribution in [2.24, 2.45) is 0 Å². The van der Waals surface area contributed by atoms with E-state index < -0.39 is 0 Å². The number of para-hydroxylation sites is 2. The van der Waals surface area contributed by atoms with Gasteiger partial charge < -0.3 is 19.3 Å². The van der Waals surface area contributed by atoms with E-state index in [4.69, 9.17) is 9.47 Å². The first-order chi connectivity index (χ1) is 14.8. The molecule has 1 amide bonds. The summed E-state index contributed by atoms with van der Waals surface area (Å²) < 4.78 is 11.5. The second kappa shape index (κ2) is 9.73. The summed E-state index contributed by atoms with van der Waals surface area (Å²) >= 11 is 0. The lowest BCUT2D eigenvalue weighted by molar-refractivity contribution is 0.0740. The largest absolute Gasteiger partial charge is 0.490 e. The summed E-state index contributed by atoms with van der Waals surface area (Å²) in [6.07, 6.45) is 3.46. The average Bonchev–Trinajstić information content (AvgIpc) is 2.83. The quantitative estimate of drug-likeness (QED) is 0.564. The Morgan fingerprint density at radius 3 is 2.23 bits per heavy atom. The highest BCUT2D eigenvalue weighted by molar-refractivity contribution is 5.97. The topological polar surface area (TPSA) is 67.8 Å². The van der Waals surface area contributed by atoms with Gasteiger partial charge in [-0.1, -0.05) is 30.3 Å². The molecule has 154 valence electrons. The van der Waals surface area contributed by atoms with Crippen LogP contribution in [0.3, 0.4) is 0 Å². The number of piperazine rings is 1. The number of rotatable bonds is 7. The van der Waals surface area contributed by atoms with E-state index in [2.05, 4.69) is 14.9 Å². The summed E-state index contributed by atoms with van der Waals surface area (Å²) in [6.45, 7) is 3.39. The lowest BCUT2D eigenvalue weighted by Gasteiger charge is -2.34. The minimum atomic E-state index is -0.0248. The van der Waals surface area contributed by atoms with Gasteiger partial charge >= 0.3 is 0 Å². The molecule has 0 atom stereocenters. The molecule has 1 aromatic heterocycles. The Hall–Kier alpha value is -3.61. The Morgan fingerprint density at radius 1 is 0.800 bits per heavy atom. The zero-order valence-corrected chi connectivity index (χ0v) is 16.7. The first-order valence-electron chi connectivity index (χ1n) is 10.0. The number of benzene rings is 2. The van der Waals surface area contributed by atoms with Gasteiger partial charge in [0.25, 0.3) is 5.91 Å². The molecule has 1 aliphatic heterocycles. The first kappa shape index (κ1) is 19.7. The molecule has 1 fully saturated rings. The number of ether oxygens (including phenoxy) is 2. The summed E-state index contributed by atoms with van der Waals surface area (Å²) in [5.41, 5.74) is 0.571. The zero-order chi connectivity index (χ0) is 20.6. The molecule has 0 N–H and O–H groups in total. The van der Waals surface area contributed by atoms with Crippen LogP contribution in [-0.4, -0.2) is 60.2 Å². The summed E-state index contributed by atoms with van der Waals surface area (Å²) in [5, 5.41) is 0. The highest BCUT2D eigenvalue weighted by atomic mass is 16.5. The number of hydrogen-bond donors (Lipinski definition) is 0. The van der Waals surface area contributed by atoms with Crippen LogP contribution in [0.15, 0.2) is 73.1 Å². The van der Waals surface area contributed by atoms with Crippen molar-refractivity contribution in [1.29, 1.82) is 0 Å². The van der Waals surface area contributed by atoms with Crippen LogP contribution in [-0.2, 0) is 0 Å². The summed E-state index contributed by atoms with van der Waals surface area (Å²) in [6, 6.07) is 18.7. The molecule has 4 rings (SSSR count). The molecule has 2 heterocycles. The Morgan fingerprint density at radius 2 is 1.47 bits per heavy atom. The third-order valence-corrected chi connectivity index (χ3v) is 4.87. The number of carbonyl (C=O) groups excluding carboxylic acids is 1. The Bertz CT molecular complexity index is 945. The Balaban J connectivity index is 1.32. The molecule has 30 heavy (non-hydrogen) atoms. The van der Waals surface area contributed by atoms with Gasteiger partial charge in [0.05, 0.1) is 5.56 Å². The molecule has 0 radical (unpaired) electrons. The highest BCUT2D eigenvalue weighted by Gasteiger charge is 2.25. The molecule has 0 bridgehead atoms. The number of anilines is 1. The molecule has 0 aliphatic carbocycles. The van der Waals surface area contributed by atoms with Gasteiger partial charge in [-0.05, 0) is 30.3 Å². The normalized spacial score (nSPS) is 13.7. The fourth-order valence-corrected chi connectivity index (χ4v) is 3.33. The van der Waals surface area contributed by atoms with Crippen LogP contribution in [0, 0.1) is 0 Å². The Kier molecular flexibility index (Phi) is 6.39. The van der Waals surface area contributed by atoms with Crippen molar-refractivity contribution in [1.82, 2.24) is 14.9 Å². The molecule has 0 saturated carbocycles. The van der Waals surface area contributed by atoms with E-state index in [-0.39, 0.29) is 5.91 Å². The number of hydrogen-bond acceptors (Lipinski definition) is 6. The molecule has 1 saturated heterocycles. The molecule has 7 nitrogen and oxygen atoms in total. The van der Waals surface area contributed by atoms with Gasteiger partial charge in [-0.3, -0.25) is 4.79 Å². The van der Waals surface area contributed by atoms with Gasteiger partial charge in [-0.25, -0.2) is 9.97 Å². The SMILES string of the molecule is O=C(c1ccccc1OCCOc1ccccc1)N1CCN(c2ncccn2)CC1. The lowest BCUT2D eigenvalue weighted by atomic mass is 10.1. The van der Waals surface area contributed by atoms with Crippen molar-refractivity contribution in [3.05, 3.63) is 78.6 Å². The maximum Gasteiger partial charge on any atom is 0.257 e. The molecule has 0 spiro atoms. The minimum absolute atomic E-state index is 0.0248. The van der Waals surface area contributed by atoms with E-state index in [0.29, 0.717) is 56.7 Å². The molecular weight excluding hydrogens is 380 g/mol. The number of carbonyl (C=O) groups is 1. The van der Waals surface area contributed by atoms with Gasteiger partial charge in [-0.2, -0.15) is 0 Å². The number of nitrogens with zero attached hydrogens (tertiary/aromatic N) is 4. The highest BCUT2D eigenvalue weighted by Crippen LogP contribution is 2.21. The van der Waals surface area contributed by atoms with Crippen LogP contribution in [0.25, 0.3) is 0 Å². The minimum Gasteiger partial charge on any atom is -0.490 e. The lowest BCUT2D eigenvalue weighted by Crippen LogP contribution is -2.49. The van der Waals surface area contributed by atoms with Crippen LogP contribution in [0.2, 0.25) is 0 Å². The molecule has 7 heteroatoms. The van der Waals surface area contributed by atoms with E-state index in [1.165, 1.54) is 0 Å². The summed E-state index contributed by atoms with van der Waals surface area (Å²) in [7, 11) is 0. The third-order valence-electron chi connectivity index (χ3n) is 4.87. The van der Waals surface area contributed by atoms with Crippen molar-refractivity contribution in [3.8, 4) is 11.5 Å². The predicted octanol–water partition coefficient (Wildman–Crippen LogP) is 2.90. The molecule has 3 aromatic rings. The zero-order valence-electron chi connectivity index (χ0n) is 16.7. The van der Waals surface area contributed by atoms with Crippen LogP contribution in [0.1, 0.15) is 10.4 Å². The molecule has 0 unspecified atom stereocenters. The van der Waals surface area contributed by atoms with E-state index in [0.717, 1.165) is 5.75 Å². The van der Waals surface area contributed by atoms with Crippen molar-refractivity contribution in [2.75, 3.05) is 44.3 Å². The number of aromatic nitrogens is 2. The maximum atomic E-state index is 13.1. The van der Waals surface area contributed by atoms with Crippen molar-refractivity contribution in [2.45, 2.75) is 0 Å². The fourth-order valence-electron chi connectivity index (χ4n) is 3.33. The summed E-state index contributed by atoms with van der Waals surface area (Å²) in [4.78, 5) is 25.6. The Labute approximate surface area is 175 Å². The van der Waals surface area contributed by atoms with Crippen LogP contribution in [0.5, 0.6) is 11.5 Å². The van der Waals surface area contributed by atoms with Gasteiger partial charge in [0.2, 0.25) is 5.95 Å². The van der Waals surface area contributed by atoms with E-state index >= 15 is 0 Å². The van der Waals surface area contributed by atoms with Gasteiger partial charge in [-0.15, -0.1) is 0 Å². The van der Waals surface area contributed by atoms with Gasteiger partial charge in [0.15, 0.2) is 0 Å². The maximum absolute atomic E-state index is 13.1. The third kappa shape index (κ3) is 4.86. The van der Waals surface area contributed by atoms with Crippen LogP contribution < -0.4 is 14.4 Å². The van der Waals surface area contributed by atoms with Crippen molar-refractivity contribution in [3.63, 3.8) is 0 Å². The van der Waals surface area contributed by atoms with E-state index in [1.54, 1.807) is 18.5 Å². The molecule has 1 aliphatic rings. The van der Waals surface area contributed by atoms with Crippen molar-refractivity contribution < 1.29 is 14.3 Å². The van der Waals surface area contributed by atoms with E-state index in [9.17, 15) is 4.79 Å². The van der Waals surface area contributed by atoms with Crippen LogP contribution >= 0.6 is 0 Å². The standard InChI is InChI=1S/C23H24N4O3/c28-22(26-13-15-27(16-14-26)23-24-11-6-12-25-23)20-9-4-5-10-21(20)30-18-17-29-19-7-2-1-3-8-19/h1-12H,13-18H2. The van der Waals surface area contributed by atoms with Crippen molar-refractivity contribution >= 4 is 11.9 Å². The monoisotopic (exact) mass is 404 g/mol. The molecular formula is C23H24N4O3. The predicted molar refractivity (Wildman–Crippen MR) is 114 cm³/mol. The van der Waals surface area contributed by atoms with E-state index in [1.807, 2.05) is 59.5 Å². The van der Waals surface area contributed by atoms with Gasteiger partial charge in [0, 0.05) is 38.6 Å². The van der Waals surface area contributed by atoms with Crippen LogP contribution in [0.4, 0.5) is 5.95 Å². The van der Waals surface area contributed by atoms with Gasteiger partial charge in [0.1, 0.15) is 24.7 Å². The smallest absolute Gasteiger partial charge is 0.257 e.